The highest BCUT2D eigenvalue weighted by Gasteiger charge is 2.13. The lowest BCUT2D eigenvalue weighted by Gasteiger charge is -2.19. The summed E-state index contributed by atoms with van der Waals surface area (Å²) < 4.78 is 5.85. The Kier molecular flexibility index (Phi) is 5.87. The lowest BCUT2D eigenvalue weighted by molar-refractivity contribution is 0.298. The van der Waals surface area contributed by atoms with Crippen LogP contribution >= 0.6 is 11.6 Å². The van der Waals surface area contributed by atoms with Gasteiger partial charge in [0.15, 0.2) is 0 Å². The molecule has 0 aliphatic rings. The summed E-state index contributed by atoms with van der Waals surface area (Å²) in [6, 6.07) is 12.3. The molecular weight excluding hydrogens is 294 g/mol. The first kappa shape index (κ1) is 16.9. The zero-order valence-corrected chi connectivity index (χ0v) is 14.3. The van der Waals surface area contributed by atoms with Crippen LogP contribution in [0.4, 0.5) is 0 Å². The van der Waals surface area contributed by atoms with E-state index >= 15 is 0 Å². The van der Waals surface area contributed by atoms with E-state index in [4.69, 9.17) is 22.1 Å². The van der Waals surface area contributed by atoms with Gasteiger partial charge in [-0.25, -0.2) is 0 Å². The molecule has 2 N–H and O–H groups in total. The minimum atomic E-state index is 0.327. The van der Waals surface area contributed by atoms with Crippen LogP contribution in [0.2, 0.25) is 5.02 Å². The van der Waals surface area contributed by atoms with Crippen molar-refractivity contribution in [3.8, 4) is 5.75 Å². The molecule has 0 aromatic heterocycles. The second-order valence-electron chi connectivity index (χ2n) is 5.84. The van der Waals surface area contributed by atoms with Crippen molar-refractivity contribution in [2.24, 2.45) is 5.73 Å². The molecule has 3 heteroatoms. The molecule has 0 saturated heterocycles. The van der Waals surface area contributed by atoms with E-state index in [1.54, 1.807) is 0 Å². The third-order valence-electron chi connectivity index (χ3n) is 4.02. The third-order valence-corrected chi connectivity index (χ3v) is 4.45. The maximum atomic E-state index is 6.03. The Hall–Kier alpha value is -1.51. The molecule has 2 aromatic rings. The average Bonchev–Trinajstić information content (AvgIpc) is 2.50. The minimum absolute atomic E-state index is 0.327. The normalized spacial score (nSPS) is 12.2. The minimum Gasteiger partial charge on any atom is -0.494 e. The van der Waals surface area contributed by atoms with Gasteiger partial charge in [-0.2, -0.15) is 0 Å². The quantitative estimate of drug-likeness (QED) is 0.832. The van der Waals surface area contributed by atoms with E-state index in [1.165, 1.54) is 16.7 Å². The van der Waals surface area contributed by atoms with Gasteiger partial charge in [0.2, 0.25) is 0 Å². The molecule has 0 amide bonds. The summed E-state index contributed by atoms with van der Waals surface area (Å²) in [6.07, 6.45) is 0.905. The number of ether oxygens (including phenoxy) is 1. The summed E-state index contributed by atoms with van der Waals surface area (Å²) in [4.78, 5) is 0. The second kappa shape index (κ2) is 7.66. The van der Waals surface area contributed by atoms with Crippen molar-refractivity contribution >= 4 is 11.6 Å². The fourth-order valence-corrected chi connectivity index (χ4v) is 2.74. The number of aryl methyl sites for hydroxylation is 3. The molecule has 0 radical (unpaired) electrons. The summed E-state index contributed by atoms with van der Waals surface area (Å²) in [5, 5.41) is 0.766. The highest BCUT2D eigenvalue weighted by atomic mass is 35.5. The Morgan fingerprint density at radius 2 is 1.82 bits per heavy atom. The van der Waals surface area contributed by atoms with Gasteiger partial charge in [-0.15, -0.1) is 0 Å². The van der Waals surface area contributed by atoms with E-state index in [2.05, 4.69) is 32.0 Å². The highest BCUT2D eigenvalue weighted by Crippen LogP contribution is 2.25. The molecule has 0 fully saturated rings. The number of rotatable bonds is 6. The monoisotopic (exact) mass is 317 g/mol. The molecule has 2 aromatic carbocycles. The lowest BCUT2D eigenvalue weighted by atomic mass is 9.91. The Morgan fingerprint density at radius 1 is 1.05 bits per heavy atom. The maximum Gasteiger partial charge on any atom is 0.119 e. The highest BCUT2D eigenvalue weighted by molar-refractivity contribution is 6.31. The molecule has 0 bridgehead atoms. The summed E-state index contributed by atoms with van der Waals surface area (Å²) in [7, 11) is 0. The van der Waals surface area contributed by atoms with Crippen molar-refractivity contribution in [1.29, 1.82) is 0 Å². The largest absolute Gasteiger partial charge is 0.494 e. The molecule has 1 unspecified atom stereocenters. The van der Waals surface area contributed by atoms with E-state index in [1.807, 2.05) is 25.1 Å². The van der Waals surface area contributed by atoms with Crippen LogP contribution in [0.1, 0.15) is 34.6 Å². The van der Waals surface area contributed by atoms with Crippen molar-refractivity contribution < 1.29 is 4.74 Å². The zero-order valence-electron chi connectivity index (χ0n) is 13.5. The molecule has 118 valence electrons. The Balaban J connectivity index is 1.99. The Labute approximate surface area is 138 Å². The van der Waals surface area contributed by atoms with Crippen molar-refractivity contribution in [3.63, 3.8) is 0 Å². The van der Waals surface area contributed by atoms with Gasteiger partial charge in [-0.3, -0.25) is 0 Å². The van der Waals surface area contributed by atoms with E-state index in [-0.39, 0.29) is 0 Å². The van der Waals surface area contributed by atoms with Crippen LogP contribution in [0.5, 0.6) is 5.75 Å². The van der Waals surface area contributed by atoms with Gasteiger partial charge in [0.05, 0.1) is 6.61 Å². The molecule has 0 heterocycles. The van der Waals surface area contributed by atoms with Gasteiger partial charge in [-0.05, 0) is 74.5 Å². The van der Waals surface area contributed by atoms with Crippen LogP contribution in [-0.2, 0) is 0 Å². The first-order valence-corrected chi connectivity index (χ1v) is 8.05. The predicted molar refractivity (Wildman–Crippen MR) is 94.0 cm³/mol. The summed E-state index contributed by atoms with van der Waals surface area (Å²) in [6.45, 7) is 7.52. The van der Waals surface area contributed by atoms with E-state index in [0.29, 0.717) is 19.1 Å². The van der Waals surface area contributed by atoms with Crippen LogP contribution in [-0.4, -0.2) is 13.2 Å². The van der Waals surface area contributed by atoms with Gasteiger partial charge in [-0.1, -0.05) is 35.4 Å². The smallest absolute Gasteiger partial charge is 0.119 e. The van der Waals surface area contributed by atoms with Crippen LogP contribution in [0, 0.1) is 20.8 Å². The zero-order chi connectivity index (χ0) is 16.1. The van der Waals surface area contributed by atoms with E-state index < -0.39 is 0 Å². The standard InChI is InChI=1S/C19H24ClNO/c1-13-4-5-14(2)18(10-13)16(12-21)8-9-22-17-6-7-19(20)15(3)11-17/h4-7,10-11,16H,8-9,12,21H2,1-3H3. The van der Waals surface area contributed by atoms with Crippen LogP contribution in [0.15, 0.2) is 36.4 Å². The van der Waals surface area contributed by atoms with Gasteiger partial charge >= 0.3 is 0 Å². The number of hydrogen-bond donors (Lipinski definition) is 1. The van der Waals surface area contributed by atoms with Crippen molar-refractivity contribution in [2.45, 2.75) is 33.1 Å². The molecule has 22 heavy (non-hydrogen) atoms. The predicted octanol–water partition coefficient (Wildman–Crippen LogP) is 4.78. The molecule has 2 nitrogen and oxygen atoms in total. The van der Waals surface area contributed by atoms with Crippen LogP contribution < -0.4 is 10.5 Å². The molecule has 1 atom stereocenters. The molecular formula is C19H24ClNO. The fourth-order valence-electron chi connectivity index (χ4n) is 2.63. The van der Waals surface area contributed by atoms with E-state index in [9.17, 15) is 0 Å². The number of nitrogens with two attached hydrogens (primary N) is 1. The van der Waals surface area contributed by atoms with Crippen LogP contribution in [0.3, 0.4) is 0 Å². The molecule has 0 aliphatic carbocycles. The fraction of sp³-hybridized carbons (Fsp3) is 0.368. The summed E-state index contributed by atoms with van der Waals surface area (Å²) in [5.41, 5.74) is 10.9. The van der Waals surface area contributed by atoms with Gasteiger partial charge in [0, 0.05) is 5.02 Å². The van der Waals surface area contributed by atoms with Crippen molar-refractivity contribution in [3.05, 3.63) is 63.7 Å². The number of hydrogen-bond acceptors (Lipinski definition) is 2. The second-order valence-corrected chi connectivity index (χ2v) is 6.25. The molecule has 0 saturated carbocycles. The first-order chi connectivity index (χ1) is 10.5. The number of benzene rings is 2. The SMILES string of the molecule is Cc1ccc(C)c(C(CN)CCOc2ccc(Cl)c(C)c2)c1. The summed E-state index contributed by atoms with van der Waals surface area (Å²) >= 11 is 6.03. The molecule has 0 aliphatic heterocycles. The van der Waals surface area contributed by atoms with Crippen molar-refractivity contribution in [2.75, 3.05) is 13.2 Å². The summed E-state index contributed by atoms with van der Waals surface area (Å²) in [5.74, 6) is 1.19. The topological polar surface area (TPSA) is 35.2 Å². The molecule has 0 spiro atoms. The van der Waals surface area contributed by atoms with Crippen LogP contribution in [0.25, 0.3) is 0 Å². The first-order valence-electron chi connectivity index (χ1n) is 7.67. The maximum absolute atomic E-state index is 6.03. The van der Waals surface area contributed by atoms with Crippen molar-refractivity contribution in [1.82, 2.24) is 0 Å². The Bertz CT molecular complexity index is 639. The van der Waals surface area contributed by atoms with Gasteiger partial charge < -0.3 is 10.5 Å². The number of halogens is 1. The Morgan fingerprint density at radius 3 is 2.50 bits per heavy atom. The van der Waals surface area contributed by atoms with Gasteiger partial charge in [0.1, 0.15) is 5.75 Å². The average molecular weight is 318 g/mol. The third kappa shape index (κ3) is 4.25. The molecule has 2 rings (SSSR count). The lowest BCUT2D eigenvalue weighted by Crippen LogP contribution is -2.16. The van der Waals surface area contributed by atoms with E-state index in [0.717, 1.165) is 22.8 Å². The van der Waals surface area contributed by atoms with Gasteiger partial charge in [0.25, 0.3) is 0 Å².